The van der Waals surface area contributed by atoms with Gasteiger partial charge in [-0.05, 0) is 31.0 Å². The summed E-state index contributed by atoms with van der Waals surface area (Å²) in [5, 5.41) is 0. The first kappa shape index (κ1) is 18.1. The Balaban J connectivity index is 2.75. The van der Waals surface area contributed by atoms with E-state index in [2.05, 4.69) is 4.74 Å². The van der Waals surface area contributed by atoms with Crippen LogP contribution in [0.15, 0.2) is 17.0 Å². The highest BCUT2D eigenvalue weighted by molar-refractivity contribution is 8.13. The van der Waals surface area contributed by atoms with Crippen molar-refractivity contribution in [3.8, 4) is 5.75 Å². The average molecular weight is 347 g/mol. The van der Waals surface area contributed by atoms with Crippen LogP contribution < -0.4 is 4.74 Å². The minimum Gasteiger partial charge on any atom is -0.489 e. The Labute approximate surface area is 125 Å². The van der Waals surface area contributed by atoms with Crippen molar-refractivity contribution in [2.45, 2.75) is 24.9 Å². The lowest BCUT2D eigenvalue weighted by atomic mass is 10.1. The van der Waals surface area contributed by atoms with E-state index in [0.717, 1.165) is 0 Å². The van der Waals surface area contributed by atoms with E-state index in [1.165, 1.54) is 6.07 Å². The monoisotopic (exact) mass is 346 g/mol. The molecule has 0 spiro atoms. The minimum atomic E-state index is -4.41. The molecule has 9 heteroatoms. The van der Waals surface area contributed by atoms with Crippen LogP contribution in [0.1, 0.15) is 11.1 Å². The average Bonchev–Trinajstić information content (AvgIpc) is 2.27. The van der Waals surface area contributed by atoms with E-state index < -0.39 is 21.8 Å². The fourth-order valence-corrected chi connectivity index (χ4v) is 2.78. The number of rotatable bonds is 6. The number of benzene rings is 1. The summed E-state index contributed by atoms with van der Waals surface area (Å²) in [4.78, 5) is -0.211. The van der Waals surface area contributed by atoms with Crippen molar-refractivity contribution in [3.05, 3.63) is 23.3 Å². The molecule has 1 aromatic carbocycles. The molecule has 0 aromatic heterocycles. The molecule has 0 heterocycles. The van der Waals surface area contributed by atoms with Crippen molar-refractivity contribution in [3.63, 3.8) is 0 Å². The van der Waals surface area contributed by atoms with Gasteiger partial charge in [0.1, 0.15) is 23.9 Å². The maximum Gasteiger partial charge on any atom is 0.411 e. The number of hydrogen-bond donors (Lipinski definition) is 0. The Morgan fingerprint density at radius 1 is 1.19 bits per heavy atom. The molecule has 1 aromatic rings. The second-order valence-corrected chi connectivity index (χ2v) is 6.90. The van der Waals surface area contributed by atoms with Crippen LogP contribution in [0.25, 0.3) is 0 Å². The first-order valence-corrected chi connectivity index (χ1v) is 8.15. The molecule has 0 unspecified atom stereocenters. The summed E-state index contributed by atoms with van der Waals surface area (Å²) in [5.74, 6) is 0.0196. The molecular weight excluding hydrogens is 333 g/mol. The molecule has 0 fully saturated rings. The predicted molar refractivity (Wildman–Crippen MR) is 71.3 cm³/mol. The molecule has 0 amide bonds. The lowest BCUT2D eigenvalue weighted by molar-refractivity contribution is -0.175. The third kappa shape index (κ3) is 6.11. The maximum absolute atomic E-state index is 11.9. The van der Waals surface area contributed by atoms with E-state index in [9.17, 15) is 21.6 Å². The van der Waals surface area contributed by atoms with E-state index >= 15 is 0 Å². The molecule has 0 saturated heterocycles. The third-order valence-electron chi connectivity index (χ3n) is 2.39. The van der Waals surface area contributed by atoms with Gasteiger partial charge < -0.3 is 9.47 Å². The van der Waals surface area contributed by atoms with Crippen LogP contribution in [-0.4, -0.2) is 34.4 Å². The Hall–Kier alpha value is -0.990. The smallest absolute Gasteiger partial charge is 0.411 e. The van der Waals surface area contributed by atoms with Gasteiger partial charge >= 0.3 is 6.18 Å². The number of alkyl halides is 3. The molecule has 0 bridgehead atoms. The van der Waals surface area contributed by atoms with Crippen LogP contribution in [0, 0.1) is 13.8 Å². The van der Waals surface area contributed by atoms with Gasteiger partial charge in [0.05, 0.1) is 6.61 Å². The highest BCUT2D eigenvalue weighted by Gasteiger charge is 2.27. The summed E-state index contributed by atoms with van der Waals surface area (Å²) >= 11 is 0. The fraction of sp³-hybridized carbons (Fsp3) is 0.500. The number of hydrogen-bond acceptors (Lipinski definition) is 4. The van der Waals surface area contributed by atoms with Crippen molar-refractivity contribution in [1.29, 1.82) is 0 Å². The van der Waals surface area contributed by atoms with E-state index in [1.54, 1.807) is 19.9 Å². The molecule has 0 aliphatic heterocycles. The molecule has 0 aliphatic rings. The Bertz CT molecular complexity index is 599. The van der Waals surface area contributed by atoms with Gasteiger partial charge in [0.25, 0.3) is 9.05 Å². The molecule has 0 aliphatic carbocycles. The zero-order valence-corrected chi connectivity index (χ0v) is 12.9. The number of aryl methyl sites for hydroxylation is 2. The van der Waals surface area contributed by atoms with Crippen molar-refractivity contribution in [2.24, 2.45) is 0 Å². The molecule has 0 N–H and O–H groups in total. The summed E-state index contributed by atoms with van der Waals surface area (Å²) in [5.41, 5.74) is 1.19. The van der Waals surface area contributed by atoms with Crippen molar-refractivity contribution in [2.75, 3.05) is 19.8 Å². The summed E-state index contributed by atoms with van der Waals surface area (Å²) in [6.45, 7) is 1.37. The topological polar surface area (TPSA) is 52.6 Å². The molecule has 120 valence electrons. The fourth-order valence-electron chi connectivity index (χ4n) is 1.67. The van der Waals surface area contributed by atoms with Crippen molar-refractivity contribution in [1.82, 2.24) is 0 Å². The molecule has 0 atom stereocenters. The largest absolute Gasteiger partial charge is 0.489 e. The maximum atomic E-state index is 11.9. The molecule has 1 rings (SSSR count). The van der Waals surface area contributed by atoms with Gasteiger partial charge in [-0.25, -0.2) is 8.42 Å². The lowest BCUT2D eigenvalue weighted by Crippen LogP contribution is -2.19. The van der Waals surface area contributed by atoms with Gasteiger partial charge in [0.15, 0.2) is 0 Å². The van der Waals surface area contributed by atoms with Crippen LogP contribution in [0.2, 0.25) is 0 Å². The lowest BCUT2D eigenvalue weighted by Gasteiger charge is -2.14. The van der Waals surface area contributed by atoms with E-state index in [0.29, 0.717) is 11.1 Å². The molecule has 4 nitrogen and oxygen atoms in total. The van der Waals surface area contributed by atoms with Crippen LogP contribution in [0.4, 0.5) is 13.2 Å². The van der Waals surface area contributed by atoms with E-state index in [1.807, 2.05) is 0 Å². The first-order valence-electron chi connectivity index (χ1n) is 5.84. The molecule has 0 radical (unpaired) electrons. The second kappa shape index (κ2) is 6.85. The van der Waals surface area contributed by atoms with Crippen LogP contribution in [0.5, 0.6) is 5.75 Å². The normalized spacial score (nSPS) is 12.5. The van der Waals surface area contributed by atoms with E-state index in [4.69, 9.17) is 15.4 Å². The van der Waals surface area contributed by atoms with Gasteiger partial charge in [0, 0.05) is 10.7 Å². The van der Waals surface area contributed by atoms with Crippen LogP contribution in [0.3, 0.4) is 0 Å². The van der Waals surface area contributed by atoms with Gasteiger partial charge in [-0.15, -0.1) is 0 Å². The molecule has 0 saturated carbocycles. The molecular formula is C12H14ClF3O4S. The van der Waals surface area contributed by atoms with Gasteiger partial charge in [0.2, 0.25) is 0 Å². The summed E-state index contributed by atoms with van der Waals surface area (Å²) in [7, 11) is 1.30. The Kier molecular flexibility index (Phi) is 5.89. The minimum absolute atomic E-state index is 0.0196. The van der Waals surface area contributed by atoms with Crippen LogP contribution in [-0.2, 0) is 13.8 Å². The SMILES string of the molecule is Cc1cc(C)c(OCCOCC(F)(F)F)c(S(=O)(=O)Cl)c1. The number of ether oxygens (including phenoxy) is 2. The van der Waals surface area contributed by atoms with Gasteiger partial charge in [-0.3, -0.25) is 0 Å². The second-order valence-electron chi connectivity index (χ2n) is 4.36. The van der Waals surface area contributed by atoms with Crippen molar-refractivity contribution < 1.29 is 31.1 Å². The quantitative estimate of drug-likeness (QED) is 0.586. The highest BCUT2D eigenvalue weighted by Crippen LogP contribution is 2.31. The van der Waals surface area contributed by atoms with Gasteiger partial charge in [-0.2, -0.15) is 13.2 Å². The zero-order valence-electron chi connectivity index (χ0n) is 11.3. The third-order valence-corrected chi connectivity index (χ3v) is 3.71. The predicted octanol–water partition coefficient (Wildman–Crippen LogP) is 3.19. The highest BCUT2D eigenvalue weighted by atomic mass is 35.7. The van der Waals surface area contributed by atoms with E-state index in [-0.39, 0.29) is 23.9 Å². The molecule has 21 heavy (non-hydrogen) atoms. The number of halogens is 4. The summed E-state index contributed by atoms with van der Waals surface area (Å²) in [6, 6.07) is 3.01. The van der Waals surface area contributed by atoms with Crippen LogP contribution >= 0.6 is 10.7 Å². The summed E-state index contributed by atoms with van der Waals surface area (Å²) in [6.07, 6.45) is -4.41. The van der Waals surface area contributed by atoms with Gasteiger partial charge in [-0.1, -0.05) is 6.07 Å². The zero-order chi connectivity index (χ0) is 16.3. The standard InChI is InChI=1S/C12H14ClF3O4S/c1-8-5-9(2)11(10(6-8)21(13,17)18)20-4-3-19-7-12(14,15)16/h5-6H,3-4,7H2,1-2H3. The van der Waals surface area contributed by atoms with Crippen molar-refractivity contribution >= 4 is 19.7 Å². The summed E-state index contributed by atoms with van der Waals surface area (Å²) < 4.78 is 68.2. The Morgan fingerprint density at radius 2 is 1.81 bits per heavy atom. The first-order chi connectivity index (χ1) is 9.50. The Morgan fingerprint density at radius 3 is 2.33 bits per heavy atom.